The number of ether oxygens (including phenoxy) is 1. The Kier molecular flexibility index (Phi) is 15.6. The predicted octanol–water partition coefficient (Wildman–Crippen LogP) is 1.23. The van der Waals surface area contributed by atoms with Gasteiger partial charge in [-0.05, 0) is 93.5 Å². The third-order valence-electron chi connectivity index (χ3n) is 2.19. The third kappa shape index (κ3) is 10.0. The number of hydrogen-bond acceptors (Lipinski definition) is 5. The standard InChI is InChI=1S/C7H5Br2NO2.C6H5Br2NO.B.Na.H/c1-12-7(11)4-2-5(8)10-6(9)3-4;7-5-1-4(3-10)2-6(8)9-5;;;/h2-3H,1H3;1-2,10H,3H2;;;/q;;;+1;-1. The monoisotopic (exact) mass is 593 g/mol. The number of aliphatic hydroxyl groups is 1. The zero-order valence-corrected chi connectivity index (χ0v) is 21.1. The quantitative estimate of drug-likeness (QED) is 0.321. The van der Waals surface area contributed by atoms with E-state index in [1.807, 2.05) is 0 Å². The molecule has 0 saturated heterocycles. The number of carbonyl (C=O) groups excluding carboxylic acids is 1. The molecule has 5 nitrogen and oxygen atoms in total. The molecule has 0 spiro atoms. The number of aromatic nitrogens is 2. The Morgan fingerprint density at radius 2 is 1.42 bits per heavy atom. The summed E-state index contributed by atoms with van der Waals surface area (Å²) in [5, 5.41) is 8.72. The van der Waals surface area contributed by atoms with Gasteiger partial charge >= 0.3 is 35.5 Å². The van der Waals surface area contributed by atoms with Crippen LogP contribution in [-0.2, 0) is 11.3 Å². The summed E-state index contributed by atoms with van der Waals surface area (Å²) in [6.07, 6.45) is 0. The maximum absolute atomic E-state index is 11.0. The van der Waals surface area contributed by atoms with Crippen LogP contribution in [0, 0.1) is 0 Å². The van der Waals surface area contributed by atoms with Gasteiger partial charge in [-0.3, -0.25) is 0 Å². The average molecular weight is 597 g/mol. The smallest absolute Gasteiger partial charge is 1.00 e. The number of esters is 1. The van der Waals surface area contributed by atoms with Crippen LogP contribution in [0.2, 0.25) is 0 Å². The Morgan fingerprint density at radius 3 is 1.75 bits per heavy atom. The summed E-state index contributed by atoms with van der Waals surface area (Å²) in [5.41, 5.74) is 1.31. The molecule has 0 bridgehead atoms. The van der Waals surface area contributed by atoms with E-state index in [2.05, 4.69) is 78.4 Å². The molecule has 0 fully saturated rings. The second-order valence-electron chi connectivity index (χ2n) is 3.77. The molecule has 0 aromatic carbocycles. The SMILES string of the molecule is COC(=O)c1cc(Br)nc(Br)c1.OCc1cc(Br)nc(Br)c1.[B].[H-].[Na+]. The molecule has 0 amide bonds. The molecule has 0 unspecified atom stereocenters. The van der Waals surface area contributed by atoms with Crippen molar-refractivity contribution in [1.29, 1.82) is 0 Å². The van der Waals surface area contributed by atoms with Crippen molar-refractivity contribution >= 4 is 78.1 Å². The second kappa shape index (κ2) is 13.9. The molecule has 0 aliphatic rings. The number of carbonyl (C=O) groups is 1. The number of aliphatic hydroxyl groups excluding tert-OH is 1. The molecule has 123 valence electrons. The summed E-state index contributed by atoms with van der Waals surface area (Å²) in [6, 6.07) is 6.72. The number of methoxy groups -OCH3 is 1. The Balaban J connectivity index is -0.000000350. The van der Waals surface area contributed by atoms with Crippen molar-refractivity contribution in [1.82, 2.24) is 9.97 Å². The molecule has 2 heterocycles. The van der Waals surface area contributed by atoms with Gasteiger partial charge in [0, 0.05) is 8.41 Å². The Labute approximate surface area is 199 Å². The van der Waals surface area contributed by atoms with Crippen molar-refractivity contribution in [3.05, 3.63) is 53.8 Å². The van der Waals surface area contributed by atoms with Crippen LogP contribution in [0.5, 0.6) is 0 Å². The minimum atomic E-state index is -0.376. The van der Waals surface area contributed by atoms with Gasteiger partial charge in [-0.2, -0.15) is 0 Å². The number of nitrogens with zero attached hydrogens (tertiary/aromatic N) is 2. The van der Waals surface area contributed by atoms with Crippen molar-refractivity contribution in [2.24, 2.45) is 0 Å². The maximum Gasteiger partial charge on any atom is 1.00 e. The van der Waals surface area contributed by atoms with E-state index in [-0.39, 0.29) is 52.0 Å². The van der Waals surface area contributed by atoms with Gasteiger partial charge in [0.15, 0.2) is 0 Å². The van der Waals surface area contributed by atoms with Gasteiger partial charge in [-0.25, -0.2) is 14.8 Å². The molecule has 0 atom stereocenters. The van der Waals surface area contributed by atoms with Crippen LogP contribution < -0.4 is 29.6 Å². The summed E-state index contributed by atoms with van der Waals surface area (Å²) in [6.45, 7) is 0.0414. The molecule has 24 heavy (non-hydrogen) atoms. The first-order chi connectivity index (χ1) is 10.3. The normalized spacial score (nSPS) is 8.92. The summed E-state index contributed by atoms with van der Waals surface area (Å²) in [7, 11) is 1.34. The number of halogens is 4. The van der Waals surface area contributed by atoms with Gasteiger partial charge in [-0.1, -0.05) is 0 Å². The number of rotatable bonds is 2. The minimum absolute atomic E-state index is 0. The van der Waals surface area contributed by atoms with Gasteiger partial charge in [0.2, 0.25) is 0 Å². The molecule has 2 aromatic heterocycles. The fourth-order valence-electron chi connectivity index (χ4n) is 1.31. The van der Waals surface area contributed by atoms with Crippen molar-refractivity contribution < 1.29 is 45.6 Å². The zero-order chi connectivity index (χ0) is 16.7. The summed E-state index contributed by atoms with van der Waals surface area (Å²) in [5.74, 6) is -0.376. The van der Waals surface area contributed by atoms with Crippen LogP contribution >= 0.6 is 63.7 Å². The summed E-state index contributed by atoms with van der Waals surface area (Å²) >= 11 is 12.7. The molecule has 2 aromatic rings. The van der Waals surface area contributed by atoms with E-state index in [0.29, 0.717) is 14.8 Å². The molecule has 2 rings (SSSR count). The maximum atomic E-state index is 11.0. The number of pyridine rings is 2. The largest absolute Gasteiger partial charge is 1.00 e. The molecule has 0 saturated carbocycles. The van der Waals surface area contributed by atoms with Crippen molar-refractivity contribution in [3.8, 4) is 0 Å². The predicted molar refractivity (Wildman–Crippen MR) is 103 cm³/mol. The Hall–Kier alpha value is 0.715. The van der Waals surface area contributed by atoms with E-state index < -0.39 is 0 Å². The first-order valence-corrected chi connectivity index (χ1v) is 8.87. The first kappa shape index (κ1) is 26.9. The van der Waals surface area contributed by atoms with Crippen LogP contribution in [0.15, 0.2) is 42.7 Å². The fraction of sp³-hybridized carbons (Fsp3) is 0.154. The minimum Gasteiger partial charge on any atom is -1.00 e. The van der Waals surface area contributed by atoms with Gasteiger partial charge < -0.3 is 11.3 Å². The van der Waals surface area contributed by atoms with Crippen LogP contribution in [0.25, 0.3) is 0 Å². The summed E-state index contributed by atoms with van der Waals surface area (Å²) < 4.78 is 7.18. The third-order valence-corrected chi connectivity index (χ3v) is 3.81. The molecular weight excluding hydrogens is 586 g/mol. The van der Waals surface area contributed by atoms with Crippen LogP contribution in [0.4, 0.5) is 0 Å². The fourth-order valence-corrected chi connectivity index (χ4v) is 3.63. The zero-order valence-electron chi connectivity index (χ0n) is 13.8. The second-order valence-corrected chi connectivity index (χ2v) is 7.02. The van der Waals surface area contributed by atoms with Gasteiger partial charge in [0.1, 0.15) is 18.4 Å². The van der Waals surface area contributed by atoms with E-state index in [1.54, 1.807) is 24.3 Å². The van der Waals surface area contributed by atoms with E-state index >= 15 is 0 Å². The first-order valence-electron chi connectivity index (χ1n) is 5.70. The van der Waals surface area contributed by atoms with Gasteiger partial charge in [-0.15, -0.1) is 0 Å². The topological polar surface area (TPSA) is 72.3 Å². The van der Waals surface area contributed by atoms with E-state index in [1.165, 1.54) is 7.11 Å². The number of hydrogen-bond donors (Lipinski definition) is 1. The van der Waals surface area contributed by atoms with Crippen LogP contribution in [0.3, 0.4) is 0 Å². The van der Waals surface area contributed by atoms with Crippen molar-refractivity contribution in [2.45, 2.75) is 6.61 Å². The van der Waals surface area contributed by atoms with Crippen molar-refractivity contribution in [2.75, 3.05) is 7.11 Å². The van der Waals surface area contributed by atoms with E-state index in [0.717, 1.165) is 14.8 Å². The van der Waals surface area contributed by atoms with Crippen LogP contribution in [-0.4, -0.2) is 36.6 Å². The molecule has 3 radical (unpaired) electrons. The van der Waals surface area contributed by atoms with Crippen molar-refractivity contribution in [3.63, 3.8) is 0 Å². The average Bonchev–Trinajstić information content (AvgIpc) is 2.45. The summed E-state index contributed by atoms with van der Waals surface area (Å²) in [4.78, 5) is 19.0. The van der Waals surface area contributed by atoms with Crippen LogP contribution in [0.1, 0.15) is 17.3 Å². The molecular formula is C13H11BBr4N2NaO3. The molecule has 11 heteroatoms. The van der Waals surface area contributed by atoms with Gasteiger partial charge in [0.05, 0.1) is 19.3 Å². The van der Waals surface area contributed by atoms with E-state index in [9.17, 15) is 4.79 Å². The Bertz CT molecular complexity index is 645. The molecule has 0 aliphatic heterocycles. The van der Waals surface area contributed by atoms with Gasteiger partial charge in [0.25, 0.3) is 0 Å². The van der Waals surface area contributed by atoms with E-state index in [4.69, 9.17) is 5.11 Å². The molecule has 0 aliphatic carbocycles. The molecule has 1 N–H and O–H groups in total. The Morgan fingerprint density at radius 1 is 1.04 bits per heavy atom.